The van der Waals surface area contributed by atoms with Gasteiger partial charge in [0.25, 0.3) is 0 Å². The highest BCUT2D eigenvalue weighted by molar-refractivity contribution is 9.10. The van der Waals surface area contributed by atoms with Crippen LogP contribution < -0.4 is 5.73 Å². The predicted molar refractivity (Wildman–Crippen MR) is 76.4 cm³/mol. The van der Waals surface area contributed by atoms with Gasteiger partial charge in [-0.3, -0.25) is 4.90 Å². The van der Waals surface area contributed by atoms with Gasteiger partial charge in [-0.2, -0.15) is 0 Å². The fourth-order valence-electron chi connectivity index (χ4n) is 1.54. The van der Waals surface area contributed by atoms with E-state index in [1.54, 1.807) is 12.1 Å². The van der Waals surface area contributed by atoms with Crippen LogP contribution in [0.4, 0.5) is 4.39 Å². The second-order valence-corrected chi connectivity index (χ2v) is 5.61. The number of hydrogen-bond donors (Lipinski definition) is 1. The lowest BCUT2D eigenvalue weighted by Gasteiger charge is -2.24. The van der Waals surface area contributed by atoms with Gasteiger partial charge in [-0.05, 0) is 32.2 Å². The lowest BCUT2D eigenvalue weighted by Crippen LogP contribution is -2.32. The Morgan fingerprint density at radius 3 is 2.82 bits per heavy atom. The van der Waals surface area contributed by atoms with Crippen LogP contribution in [-0.2, 0) is 6.54 Å². The number of hydrogen-bond acceptors (Lipinski definition) is 2. The molecule has 2 N–H and O–H groups in total. The van der Waals surface area contributed by atoms with Gasteiger partial charge in [-0.15, -0.1) is 0 Å². The Morgan fingerprint density at radius 2 is 2.24 bits per heavy atom. The maximum atomic E-state index is 13.6. The molecule has 0 heterocycles. The number of nitrogens with two attached hydrogens (primary N) is 1. The van der Waals surface area contributed by atoms with Crippen LogP contribution in [0.1, 0.15) is 18.9 Å². The zero-order chi connectivity index (χ0) is 13.0. The SMILES string of the molecule is CC(CC(N)=S)N(C)Cc1cc(Br)ccc1F. The van der Waals surface area contributed by atoms with Crippen molar-refractivity contribution in [3.05, 3.63) is 34.1 Å². The molecular formula is C12H16BrFN2S. The molecule has 2 nitrogen and oxygen atoms in total. The molecule has 5 heteroatoms. The Morgan fingerprint density at radius 1 is 1.59 bits per heavy atom. The quantitative estimate of drug-likeness (QED) is 0.846. The summed E-state index contributed by atoms with van der Waals surface area (Å²) in [6, 6.07) is 5.15. The van der Waals surface area contributed by atoms with E-state index in [0.29, 0.717) is 23.5 Å². The number of rotatable bonds is 5. The van der Waals surface area contributed by atoms with E-state index in [-0.39, 0.29) is 11.9 Å². The summed E-state index contributed by atoms with van der Waals surface area (Å²) >= 11 is 8.21. The smallest absolute Gasteiger partial charge is 0.127 e. The molecule has 0 spiro atoms. The molecule has 0 aliphatic rings. The fraction of sp³-hybridized carbons (Fsp3) is 0.417. The van der Waals surface area contributed by atoms with Gasteiger partial charge in [0.05, 0.1) is 4.99 Å². The van der Waals surface area contributed by atoms with Crippen LogP contribution in [0.2, 0.25) is 0 Å². The maximum absolute atomic E-state index is 13.6. The first-order valence-corrected chi connectivity index (χ1v) is 6.52. The van der Waals surface area contributed by atoms with Crippen molar-refractivity contribution in [1.29, 1.82) is 0 Å². The van der Waals surface area contributed by atoms with E-state index in [1.807, 2.05) is 18.9 Å². The summed E-state index contributed by atoms with van der Waals surface area (Å²) in [5, 5.41) is 0. The van der Waals surface area contributed by atoms with Crippen LogP contribution in [0.25, 0.3) is 0 Å². The molecule has 1 aromatic carbocycles. The zero-order valence-electron chi connectivity index (χ0n) is 9.91. The van der Waals surface area contributed by atoms with E-state index in [2.05, 4.69) is 15.9 Å². The topological polar surface area (TPSA) is 29.3 Å². The van der Waals surface area contributed by atoms with Gasteiger partial charge < -0.3 is 5.73 Å². The molecule has 94 valence electrons. The van der Waals surface area contributed by atoms with Gasteiger partial charge in [-0.1, -0.05) is 28.1 Å². The van der Waals surface area contributed by atoms with Crippen molar-refractivity contribution < 1.29 is 4.39 Å². The summed E-state index contributed by atoms with van der Waals surface area (Å²) in [6.07, 6.45) is 0.640. The normalized spacial score (nSPS) is 12.8. The van der Waals surface area contributed by atoms with E-state index in [0.717, 1.165) is 4.47 Å². The first-order valence-electron chi connectivity index (χ1n) is 5.32. The number of nitrogens with zero attached hydrogens (tertiary/aromatic N) is 1. The zero-order valence-corrected chi connectivity index (χ0v) is 12.3. The van der Waals surface area contributed by atoms with Crippen molar-refractivity contribution in [3.63, 3.8) is 0 Å². The lowest BCUT2D eigenvalue weighted by molar-refractivity contribution is 0.252. The number of benzene rings is 1. The maximum Gasteiger partial charge on any atom is 0.127 e. The molecule has 1 rings (SSSR count). The van der Waals surface area contributed by atoms with Gasteiger partial charge in [-0.25, -0.2) is 4.39 Å². The third-order valence-corrected chi connectivity index (χ3v) is 3.34. The fourth-order valence-corrected chi connectivity index (χ4v) is 2.19. The first-order chi connectivity index (χ1) is 7.90. The Hall–Kier alpha value is -0.520. The van der Waals surface area contributed by atoms with Crippen LogP contribution in [0, 0.1) is 5.82 Å². The van der Waals surface area contributed by atoms with Gasteiger partial charge in [0.2, 0.25) is 0 Å². The van der Waals surface area contributed by atoms with Gasteiger partial charge in [0.1, 0.15) is 5.82 Å². The molecule has 0 aromatic heterocycles. The van der Waals surface area contributed by atoms with Crippen LogP contribution >= 0.6 is 28.1 Å². The summed E-state index contributed by atoms with van der Waals surface area (Å²) in [5.41, 5.74) is 6.17. The summed E-state index contributed by atoms with van der Waals surface area (Å²) in [4.78, 5) is 2.52. The molecule has 0 fully saturated rings. The van der Waals surface area contributed by atoms with Crippen LogP contribution in [0.15, 0.2) is 22.7 Å². The van der Waals surface area contributed by atoms with E-state index >= 15 is 0 Å². The average Bonchev–Trinajstić information content (AvgIpc) is 2.22. The van der Waals surface area contributed by atoms with Crippen LogP contribution in [-0.4, -0.2) is 23.0 Å². The van der Waals surface area contributed by atoms with Crippen LogP contribution in [0.5, 0.6) is 0 Å². The molecule has 0 aliphatic heterocycles. The summed E-state index contributed by atoms with van der Waals surface area (Å²) in [5.74, 6) is -0.192. The van der Waals surface area contributed by atoms with E-state index < -0.39 is 0 Å². The van der Waals surface area contributed by atoms with E-state index in [1.165, 1.54) is 6.07 Å². The first kappa shape index (κ1) is 14.5. The standard InChI is InChI=1S/C12H16BrFN2S/c1-8(5-12(15)17)16(2)7-9-6-10(13)3-4-11(9)14/h3-4,6,8H,5,7H2,1-2H3,(H2,15,17). The molecule has 1 unspecified atom stereocenters. The van der Waals surface area contributed by atoms with Gasteiger partial charge in [0.15, 0.2) is 0 Å². The van der Waals surface area contributed by atoms with Crippen molar-refractivity contribution in [2.24, 2.45) is 5.73 Å². The van der Waals surface area contributed by atoms with E-state index in [4.69, 9.17) is 18.0 Å². The Bertz CT molecular complexity index is 411. The molecule has 0 bridgehead atoms. The van der Waals surface area contributed by atoms with Crippen molar-refractivity contribution in [2.75, 3.05) is 7.05 Å². The number of thiocarbonyl (C=S) groups is 1. The highest BCUT2D eigenvalue weighted by Gasteiger charge is 2.13. The minimum absolute atomic E-state index is 0.192. The summed E-state index contributed by atoms with van der Waals surface area (Å²) in [6.45, 7) is 2.56. The molecule has 0 saturated carbocycles. The molecule has 17 heavy (non-hydrogen) atoms. The molecule has 1 atom stereocenters. The Labute approximate surface area is 115 Å². The summed E-state index contributed by atoms with van der Waals surface area (Å²) < 4.78 is 14.4. The molecule has 0 radical (unpaired) electrons. The lowest BCUT2D eigenvalue weighted by atomic mass is 10.1. The Kier molecular flexibility index (Phi) is 5.49. The van der Waals surface area contributed by atoms with Crippen molar-refractivity contribution in [3.8, 4) is 0 Å². The predicted octanol–water partition coefficient (Wildman–Crippen LogP) is 3.08. The van der Waals surface area contributed by atoms with Crippen LogP contribution in [0.3, 0.4) is 0 Å². The monoisotopic (exact) mass is 318 g/mol. The average molecular weight is 319 g/mol. The molecule has 0 aliphatic carbocycles. The Balaban J connectivity index is 2.70. The highest BCUT2D eigenvalue weighted by atomic mass is 79.9. The minimum atomic E-state index is -0.192. The molecular weight excluding hydrogens is 303 g/mol. The third kappa shape index (κ3) is 4.69. The molecule has 1 aromatic rings. The second-order valence-electron chi connectivity index (χ2n) is 4.17. The second kappa shape index (κ2) is 6.42. The van der Waals surface area contributed by atoms with Gasteiger partial charge in [0, 0.05) is 29.0 Å². The third-order valence-electron chi connectivity index (χ3n) is 2.68. The summed E-state index contributed by atoms with van der Waals surface area (Å²) in [7, 11) is 1.93. The van der Waals surface area contributed by atoms with Crippen molar-refractivity contribution in [1.82, 2.24) is 4.90 Å². The van der Waals surface area contributed by atoms with E-state index in [9.17, 15) is 4.39 Å². The minimum Gasteiger partial charge on any atom is -0.393 e. The largest absolute Gasteiger partial charge is 0.393 e. The van der Waals surface area contributed by atoms with Crippen molar-refractivity contribution >= 4 is 33.1 Å². The highest BCUT2D eigenvalue weighted by Crippen LogP contribution is 2.18. The van der Waals surface area contributed by atoms with Crippen molar-refractivity contribution in [2.45, 2.75) is 25.9 Å². The molecule has 0 saturated heterocycles. The number of halogens is 2. The van der Waals surface area contributed by atoms with Gasteiger partial charge >= 0.3 is 0 Å². The molecule has 0 amide bonds.